The standard InChI is InChI=1S/C26H52Si7/c1-27(2,3)31(13,28(4,5)6)33(25-21-17-15-18-22-25,26-23-19-16-20-24-26)32(14,29(7,8)9)30(10,11)12/h15-24H,1-14H3. The minimum Gasteiger partial charge on any atom is -0.0743 e. The molecule has 0 aliphatic rings. The number of hydrogen-bond donors (Lipinski definition) is 0. The average Bonchev–Trinajstić information content (AvgIpc) is 2.66. The Labute approximate surface area is 212 Å². The van der Waals surface area contributed by atoms with Crippen molar-refractivity contribution in [3.05, 3.63) is 60.7 Å². The van der Waals surface area contributed by atoms with Crippen LogP contribution in [0, 0.1) is 0 Å². The molecule has 0 spiro atoms. The van der Waals surface area contributed by atoms with E-state index in [0.29, 0.717) is 0 Å². The second-order valence-electron chi connectivity index (χ2n) is 14.7. The maximum Gasteiger partial charge on any atom is 0.0950 e. The van der Waals surface area contributed by atoms with Gasteiger partial charge >= 0.3 is 0 Å². The van der Waals surface area contributed by atoms with Gasteiger partial charge in [0.05, 0.1) is 7.11 Å². The number of hydrogen-bond acceptors (Lipinski definition) is 0. The SMILES string of the molecule is C[Si](C)(C)[Si](C)([Si](C)(C)C)[Si](c1ccccc1)(c1ccccc1)[Si](C)([Si](C)(C)C)[Si](C)(C)C. The van der Waals surface area contributed by atoms with Crippen LogP contribution >= 0.6 is 0 Å². The van der Waals surface area contributed by atoms with E-state index in [4.69, 9.17) is 0 Å². The highest BCUT2D eigenvalue weighted by Gasteiger charge is 2.76. The molecule has 0 saturated heterocycles. The summed E-state index contributed by atoms with van der Waals surface area (Å²) in [6.07, 6.45) is 0. The van der Waals surface area contributed by atoms with Gasteiger partial charge in [-0.05, 0) is 0 Å². The van der Waals surface area contributed by atoms with Gasteiger partial charge in [-0.2, -0.15) is 0 Å². The third-order valence-corrected chi connectivity index (χ3v) is 161. The van der Waals surface area contributed by atoms with Gasteiger partial charge in [0.1, 0.15) is 0 Å². The molecule has 0 radical (unpaired) electrons. The van der Waals surface area contributed by atoms with Crippen LogP contribution in [0.4, 0.5) is 0 Å². The first-order chi connectivity index (χ1) is 14.7. The molecule has 0 nitrogen and oxygen atoms in total. The van der Waals surface area contributed by atoms with Crippen molar-refractivity contribution >= 4 is 61.1 Å². The highest BCUT2D eigenvalue weighted by molar-refractivity contribution is 8.13. The largest absolute Gasteiger partial charge is 0.0950 e. The topological polar surface area (TPSA) is 0 Å². The van der Waals surface area contributed by atoms with Gasteiger partial charge in [-0.3, -0.25) is 0 Å². The Bertz CT molecular complexity index is 820. The Morgan fingerprint density at radius 3 is 0.727 bits per heavy atom. The maximum atomic E-state index is 2.99. The third kappa shape index (κ3) is 4.27. The molecule has 0 N–H and O–H groups in total. The average molecular weight is 561 g/mol. The van der Waals surface area contributed by atoms with Gasteiger partial charge in [-0.1, -0.05) is 163 Å². The summed E-state index contributed by atoms with van der Waals surface area (Å²) in [5.74, 6) is 0. The second kappa shape index (κ2) is 9.12. The zero-order valence-corrected chi connectivity index (χ0v) is 31.3. The zero-order chi connectivity index (χ0) is 25.7. The lowest BCUT2D eigenvalue weighted by Gasteiger charge is -2.69. The van der Waals surface area contributed by atoms with Crippen LogP contribution in [0.15, 0.2) is 60.7 Å². The number of rotatable bonds is 8. The van der Waals surface area contributed by atoms with E-state index >= 15 is 0 Å². The highest BCUT2D eigenvalue weighted by Crippen LogP contribution is 2.46. The summed E-state index contributed by atoms with van der Waals surface area (Å²) in [5, 5.41) is 3.66. The quantitative estimate of drug-likeness (QED) is 0.299. The molecule has 0 aliphatic heterocycles. The summed E-state index contributed by atoms with van der Waals surface area (Å²) in [5.41, 5.74) is 0. The molecule has 184 valence electrons. The summed E-state index contributed by atoms with van der Waals surface area (Å²) < 4.78 is 0. The van der Waals surface area contributed by atoms with Crippen molar-refractivity contribution in [2.45, 2.75) is 91.7 Å². The zero-order valence-electron chi connectivity index (χ0n) is 24.3. The predicted octanol–water partition coefficient (Wildman–Crippen LogP) is 7.23. The molecule has 2 aromatic carbocycles. The van der Waals surface area contributed by atoms with Crippen LogP contribution in [0.5, 0.6) is 0 Å². The van der Waals surface area contributed by atoms with E-state index < -0.39 is 50.7 Å². The van der Waals surface area contributed by atoms with Crippen LogP contribution in [-0.4, -0.2) is 50.7 Å². The number of benzene rings is 2. The van der Waals surface area contributed by atoms with E-state index in [9.17, 15) is 0 Å². The van der Waals surface area contributed by atoms with Gasteiger partial charge in [0.15, 0.2) is 0 Å². The van der Waals surface area contributed by atoms with E-state index in [0.717, 1.165) is 0 Å². The molecule has 0 heterocycles. The Hall–Kier alpha value is -0.0418. The van der Waals surface area contributed by atoms with Crippen LogP contribution < -0.4 is 10.4 Å². The van der Waals surface area contributed by atoms with E-state index in [2.05, 4.69) is 152 Å². The lowest BCUT2D eigenvalue weighted by atomic mass is 10.4. The molecular weight excluding hydrogens is 509 g/mol. The fourth-order valence-corrected chi connectivity index (χ4v) is 242. The summed E-state index contributed by atoms with van der Waals surface area (Å²) in [4.78, 5) is 0. The third-order valence-electron chi connectivity index (χ3n) is 9.91. The van der Waals surface area contributed by atoms with Crippen LogP contribution in [0.2, 0.25) is 91.7 Å². The Balaban J connectivity index is 3.45. The Morgan fingerprint density at radius 1 is 0.333 bits per heavy atom. The summed E-state index contributed by atoms with van der Waals surface area (Å²) >= 11 is 0. The fraction of sp³-hybridized carbons (Fsp3) is 0.538. The van der Waals surface area contributed by atoms with Crippen molar-refractivity contribution in [1.82, 2.24) is 0 Å². The molecule has 2 aromatic rings. The van der Waals surface area contributed by atoms with Crippen LogP contribution in [0.1, 0.15) is 0 Å². The molecule has 0 fully saturated rings. The summed E-state index contributed by atoms with van der Waals surface area (Å²) in [7, 11) is -7.96. The van der Waals surface area contributed by atoms with E-state index in [-0.39, 0.29) is 0 Å². The molecule has 0 unspecified atom stereocenters. The van der Waals surface area contributed by atoms with Gasteiger partial charge < -0.3 is 0 Å². The molecule has 0 aliphatic carbocycles. The van der Waals surface area contributed by atoms with Crippen LogP contribution in [0.25, 0.3) is 0 Å². The summed E-state index contributed by atoms with van der Waals surface area (Å²) in [6.45, 7) is 36.0. The maximum absolute atomic E-state index is 2.99. The van der Waals surface area contributed by atoms with Gasteiger partial charge in [-0.25, -0.2) is 0 Å². The molecule has 0 aromatic heterocycles. The molecule has 0 saturated carbocycles. The molecule has 0 amide bonds. The van der Waals surface area contributed by atoms with Crippen molar-refractivity contribution in [2.24, 2.45) is 0 Å². The lowest BCUT2D eigenvalue weighted by Crippen LogP contribution is -3.03. The molecule has 0 atom stereocenters. The van der Waals surface area contributed by atoms with Crippen molar-refractivity contribution in [2.75, 3.05) is 0 Å². The Morgan fingerprint density at radius 2 is 0.545 bits per heavy atom. The van der Waals surface area contributed by atoms with Gasteiger partial charge in [0.2, 0.25) is 0 Å². The predicted molar refractivity (Wildman–Crippen MR) is 175 cm³/mol. The monoisotopic (exact) mass is 560 g/mol. The van der Waals surface area contributed by atoms with E-state index in [1.54, 1.807) is 0 Å². The highest BCUT2D eigenvalue weighted by atomic mass is 30.2. The molecule has 0 bridgehead atoms. The van der Waals surface area contributed by atoms with Crippen molar-refractivity contribution in [3.63, 3.8) is 0 Å². The molecule has 33 heavy (non-hydrogen) atoms. The van der Waals surface area contributed by atoms with Crippen molar-refractivity contribution in [1.29, 1.82) is 0 Å². The molecule has 7 heteroatoms. The van der Waals surface area contributed by atoms with Crippen LogP contribution in [-0.2, 0) is 0 Å². The summed E-state index contributed by atoms with van der Waals surface area (Å²) in [6, 6.07) is 24.5. The van der Waals surface area contributed by atoms with Crippen molar-refractivity contribution in [3.8, 4) is 0 Å². The minimum atomic E-state index is -2.07. The first-order valence-corrected chi connectivity index (χ1v) is 39.8. The normalized spacial score (nSPS) is 15.0. The van der Waals surface area contributed by atoms with Gasteiger partial charge in [0, 0.05) is 43.6 Å². The fourth-order valence-electron chi connectivity index (χ4n) is 7.70. The van der Waals surface area contributed by atoms with E-state index in [1.807, 2.05) is 10.4 Å². The van der Waals surface area contributed by atoms with E-state index in [1.165, 1.54) is 0 Å². The van der Waals surface area contributed by atoms with Gasteiger partial charge in [-0.15, -0.1) is 0 Å². The molecular formula is C26H52Si7. The first kappa shape index (κ1) is 29.2. The lowest BCUT2D eigenvalue weighted by molar-refractivity contribution is 1.69. The Kier molecular flexibility index (Phi) is 8.07. The second-order valence-corrected chi connectivity index (χ2v) is 90.9. The van der Waals surface area contributed by atoms with Crippen LogP contribution in [0.3, 0.4) is 0 Å². The van der Waals surface area contributed by atoms with Crippen molar-refractivity contribution < 1.29 is 0 Å². The molecule has 2 rings (SSSR count). The van der Waals surface area contributed by atoms with Gasteiger partial charge in [0.25, 0.3) is 0 Å². The first-order valence-electron chi connectivity index (χ1n) is 12.8. The minimum absolute atomic E-state index is 1.47. The smallest absolute Gasteiger partial charge is 0.0743 e.